The molecule has 0 radical (unpaired) electrons. The van der Waals surface area contributed by atoms with Crippen molar-refractivity contribution in [3.8, 4) is 0 Å². The van der Waals surface area contributed by atoms with Crippen molar-refractivity contribution in [1.82, 2.24) is 0 Å². The number of carbonyl (C=O) groups is 4. The summed E-state index contributed by atoms with van der Waals surface area (Å²) >= 11 is 0. The van der Waals surface area contributed by atoms with E-state index in [1.165, 1.54) is 257 Å². The average Bonchev–Trinajstić information content (AvgIpc) is 0.954. The molecule has 0 amide bonds. The summed E-state index contributed by atoms with van der Waals surface area (Å²) in [6, 6.07) is 0. The molecule has 0 spiro atoms. The molecule has 0 saturated carbocycles. The van der Waals surface area contributed by atoms with E-state index in [0.717, 1.165) is 95.8 Å². The van der Waals surface area contributed by atoms with Crippen LogP contribution in [-0.4, -0.2) is 96.7 Å². The first-order valence-electron chi connectivity index (χ1n) is 42.1. The van der Waals surface area contributed by atoms with Gasteiger partial charge >= 0.3 is 39.5 Å². The van der Waals surface area contributed by atoms with Gasteiger partial charge < -0.3 is 33.8 Å². The number of unbranched alkanes of at least 4 members (excludes halogenated alkanes) is 53. The van der Waals surface area contributed by atoms with Crippen LogP contribution in [0.15, 0.2) is 0 Å². The van der Waals surface area contributed by atoms with Crippen LogP contribution in [-0.2, 0) is 65.4 Å². The van der Waals surface area contributed by atoms with Crippen molar-refractivity contribution >= 4 is 39.5 Å². The van der Waals surface area contributed by atoms with E-state index in [2.05, 4.69) is 34.6 Å². The largest absolute Gasteiger partial charge is 0.472 e. The molecule has 0 rings (SSSR count). The van der Waals surface area contributed by atoms with E-state index in [1.807, 2.05) is 0 Å². The van der Waals surface area contributed by atoms with Crippen molar-refractivity contribution in [3.05, 3.63) is 0 Å². The quantitative estimate of drug-likeness (QED) is 0.0222. The second kappa shape index (κ2) is 73.9. The fourth-order valence-corrected chi connectivity index (χ4v) is 14.2. The van der Waals surface area contributed by atoms with Crippen molar-refractivity contribution in [3.63, 3.8) is 0 Å². The Morgan fingerprint density at radius 2 is 0.460 bits per heavy atom. The van der Waals surface area contributed by atoms with Crippen molar-refractivity contribution in [2.24, 2.45) is 5.92 Å². The maximum Gasteiger partial charge on any atom is 0.472 e. The van der Waals surface area contributed by atoms with Gasteiger partial charge in [-0.15, -0.1) is 0 Å². The standard InChI is InChI=1S/C81H158O17P2/c1-6-9-12-15-18-21-23-25-27-29-31-32-34-36-38-40-46-51-56-61-66-80(85)97-77(71-92-79(84)65-60-55-50-45-39-37-35-33-30-28-26-24-22-19-16-13-10-7-2)73-96-100(89,90)94-69-75(82)68-93-99(87,88)95-72-76(70-91-78(83)64-59-54-49-43-20-17-14-11-8-3)98-81(86)67-62-57-52-47-42-41-44-48-53-58-63-74(4)5/h74-77,82H,6-73H2,1-5H3,(H,87,88)(H,89,90)/t75-,76+,77+/m0/s1. The second-order valence-corrected chi connectivity index (χ2v) is 32.5. The third kappa shape index (κ3) is 74.3. The molecule has 100 heavy (non-hydrogen) atoms. The Labute approximate surface area is 613 Å². The number of rotatable bonds is 81. The average molecular weight is 1470 g/mol. The molecule has 0 aromatic rings. The minimum absolute atomic E-state index is 0.106. The predicted molar refractivity (Wildman–Crippen MR) is 409 cm³/mol. The van der Waals surface area contributed by atoms with E-state index in [-0.39, 0.29) is 25.7 Å². The zero-order valence-electron chi connectivity index (χ0n) is 65.3. The molecule has 0 saturated heterocycles. The summed E-state index contributed by atoms with van der Waals surface area (Å²) in [4.78, 5) is 73.0. The lowest BCUT2D eigenvalue weighted by molar-refractivity contribution is -0.161. The lowest BCUT2D eigenvalue weighted by Crippen LogP contribution is -2.30. The number of aliphatic hydroxyl groups excluding tert-OH is 1. The van der Waals surface area contributed by atoms with Crippen molar-refractivity contribution in [2.45, 2.75) is 451 Å². The van der Waals surface area contributed by atoms with Crippen LogP contribution in [0.2, 0.25) is 0 Å². The van der Waals surface area contributed by atoms with Crippen LogP contribution in [0.5, 0.6) is 0 Å². The summed E-state index contributed by atoms with van der Waals surface area (Å²) in [5, 5.41) is 10.6. The number of phosphoric acid groups is 2. The molecule has 0 fully saturated rings. The van der Waals surface area contributed by atoms with Crippen LogP contribution in [0.1, 0.15) is 433 Å². The zero-order chi connectivity index (χ0) is 73.4. The van der Waals surface area contributed by atoms with Crippen LogP contribution >= 0.6 is 15.6 Å². The molecule has 0 aromatic heterocycles. The first-order chi connectivity index (χ1) is 48.5. The van der Waals surface area contributed by atoms with Gasteiger partial charge in [-0.2, -0.15) is 0 Å². The van der Waals surface area contributed by atoms with Crippen LogP contribution in [0.3, 0.4) is 0 Å². The van der Waals surface area contributed by atoms with Gasteiger partial charge in [-0.3, -0.25) is 37.3 Å². The predicted octanol–water partition coefficient (Wildman–Crippen LogP) is 24.4. The minimum Gasteiger partial charge on any atom is -0.462 e. The number of phosphoric ester groups is 2. The Balaban J connectivity index is 5.21. The van der Waals surface area contributed by atoms with Gasteiger partial charge in [-0.05, 0) is 31.6 Å². The number of esters is 4. The molecule has 0 heterocycles. The maximum absolute atomic E-state index is 13.1. The van der Waals surface area contributed by atoms with E-state index in [9.17, 15) is 43.2 Å². The number of carbonyl (C=O) groups excluding carboxylic acids is 4. The molecule has 19 heteroatoms. The molecule has 17 nitrogen and oxygen atoms in total. The maximum atomic E-state index is 13.1. The Bertz CT molecular complexity index is 1910. The Morgan fingerprint density at radius 1 is 0.270 bits per heavy atom. The molecule has 5 atom stereocenters. The molecular formula is C81H158O17P2. The highest BCUT2D eigenvalue weighted by atomic mass is 31.2. The number of ether oxygens (including phenoxy) is 4. The Hall–Kier alpha value is -1.94. The van der Waals surface area contributed by atoms with Crippen LogP contribution in [0.25, 0.3) is 0 Å². The monoisotopic (exact) mass is 1470 g/mol. The normalized spacial score (nSPS) is 13.8. The smallest absolute Gasteiger partial charge is 0.462 e. The summed E-state index contributed by atoms with van der Waals surface area (Å²) in [7, 11) is -9.92. The van der Waals surface area contributed by atoms with Crippen LogP contribution in [0, 0.1) is 5.92 Å². The fraction of sp³-hybridized carbons (Fsp3) is 0.951. The van der Waals surface area contributed by atoms with Crippen molar-refractivity contribution < 1.29 is 80.2 Å². The molecule has 2 unspecified atom stereocenters. The summed E-state index contributed by atoms with van der Waals surface area (Å²) in [6.07, 6.45) is 65.3. The summed E-state index contributed by atoms with van der Waals surface area (Å²) in [6.45, 7) is 7.30. The number of hydrogen-bond acceptors (Lipinski definition) is 15. The van der Waals surface area contributed by atoms with E-state index < -0.39 is 97.5 Å². The SMILES string of the molecule is CCCCCCCCCCCCCCCCCCCCCCC(=O)O[C@H](COC(=O)CCCCCCCCCCCCCCCCCCCC)COP(=O)(O)OC[C@@H](O)COP(=O)(O)OC[C@@H](COC(=O)CCCCCCCCCCC)OC(=O)CCCCCCCCCCCCC(C)C. The molecule has 594 valence electrons. The first-order valence-corrected chi connectivity index (χ1v) is 45.1. The highest BCUT2D eigenvalue weighted by molar-refractivity contribution is 7.47. The number of hydrogen-bond donors (Lipinski definition) is 3. The first kappa shape index (κ1) is 98.1. The Kier molecular flexibility index (Phi) is 72.5. The molecule has 0 aromatic carbocycles. The third-order valence-corrected chi connectivity index (χ3v) is 20.9. The zero-order valence-corrected chi connectivity index (χ0v) is 67.1. The lowest BCUT2D eigenvalue weighted by atomic mass is 10.0. The second-order valence-electron chi connectivity index (χ2n) is 29.6. The van der Waals surface area contributed by atoms with E-state index >= 15 is 0 Å². The van der Waals surface area contributed by atoms with Gasteiger partial charge in [0.1, 0.15) is 19.3 Å². The van der Waals surface area contributed by atoms with E-state index in [4.69, 9.17) is 37.0 Å². The third-order valence-electron chi connectivity index (χ3n) is 19.0. The van der Waals surface area contributed by atoms with Gasteiger partial charge in [0.2, 0.25) is 0 Å². The summed E-state index contributed by atoms with van der Waals surface area (Å²) in [5.74, 6) is -1.36. The molecule has 0 aliphatic heterocycles. The van der Waals surface area contributed by atoms with Gasteiger partial charge in [-0.1, -0.05) is 381 Å². The molecular weight excluding hydrogens is 1310 g/mol. The fourth-order valence-electron chi connectivity index (χ4n) is 12.6. The lowest BCUT2D eigenvalue weighted by Gasteiger charge is -2.21. The van der Waals surface area contributed by atoms with Gasteiger partial charge in [0.25, 0.3) is 0 Å². The highest BCUT2D eigenvalue weighted by Crippen LogP contribution is 2.45. The minimum atomic E-state index is -4.96. The van der Waals surface area contributed by atoms with Gasteiger partial charge in [-0.25, -0.2) is 9.13 Å². The van der Waals surface area contributed by atoms with E-state index in [1.54, 1.807) is 0 Å². The number of aliphatic hydroxyl groups is 1. The van der Waals surface area contributed by atoms with E-state index in [0.29, 0.717) is 25.7 Å². The molecule has 3 N–H and O–H groups in total. The van der Waals surface area contributed by atoms with Gasteiger partial charge in [0.05, 0.1) is 26.4 Å². The summed E-state index contributed by atoms with van der Waals surface area (Å²) < 4.78 is 68.7. The molecule has 0 bridgehead atoms. The van der Waals surface area contributed by atoms with Crippen LogP contribution < -0.4 is 0 Å². The van der Waals surface area contributed by atoms with Crippen molar-refractivity contribution in [2.75, 3.05) is 39.6 Å². The van der Waals surface area contributed by atoms with Crippen LogP contribution in [0.4, 0.5) is 0 Å². The molecule has 0 aliphatic rings. The molecule has 0 aliphatic carbocycles. The van der Waals surface area contributed by atoms with Gasteiger partial charge in [0.15, 0.2) is 12.2 Å². The highest BCUT2D eigenvalue weighted by Gasteiger charge is 2.30. The van der Waals surface area contributed by atoms with Crippen molar-refractivity contribution in [1.29, 1.82) is 0 Å². The topological polar surface area (TPSA) is 237 Å². The summed E-state index contributed by atoms with van der Waals surface area (Å²) in [5.41, 5.74) is 0. The Morgan fingerprint density at radius 3 is 0.680 bits per heavy atom. The van der Waals surface area contributed by atoms with Gasteiger partial charge in [0, 0.05) is 25.7 Å².